The van der Waals surface area contributed by atoms with Gasteiger partial charge in [0.05, 0.1) is 29.3 Å². The van der Waals surface area contributed by atoms with E-state index in [0.29, 0.717) is 5.39 Å². The molecule has 2 unspecified atom stereocenters. The van der Waals surface area contributed by atoms with Crippen molar-refractivity contribution in [1.82, 2.24) is 3.96 Å². The zero-order chi connectivity index (χ0) is 12.7. The molecule has 1 fully saturated rings. The summed E-state index contributed by atoms with van der Waals surface area (Å²) in [7, 11) is 0. The van der Waals surface area contributed by atoms with Gasteiger partial charge in [0.1, 0.15) is 5.92 Å². The third-order valence-corrected chi connectivity index (χ3v) is 4.37. The highest BCUT2D eigenvalue weighted by Crippen LogP contribution is 2.29. The van der Waals surface area contributed by atoms with Crippen LogP contribution in [0, 0.1) is 5.92 Å². The number of carbonyl (C=O) groups is 1. The van der Waals surface area contributed by atoms with Crippen molar-refractivity contribution in [3.05, 3.63) is 34.6 Å². The number of carboxylic acids is 1. The van der Waals surface area contributed by atoms with Crippen LogP contribution in [-0.4, -0.2) is 28.2 Å². The summed E-state index contributed by atoms with van der Waals surface area (Å²) in [5, 5.41) is 9.76. The zero-order valence-electron chi connectivity index (χ0n) is 9.41. The van der Waals surface area contributed by atoms with Crippen LogP contribution >= 0.6 is 11.5 Å². The normalized spacial score (nSPS) is 23.6. The summed E-state index contributed by atoms with van der Waals surface area (Å²) in [6, 6.07) is 6.90. The molecule has 2 atom stereocenters. The van der Waals surface area contributed by atoms with E-state index in [2.05, 4.69) is 0 Å². The molecule has 6 heteroatoms. The number of aliphatic carboxylic acids is 1. The first-order chi connectivity index (χ1) is 8.68. The smallest absolute Gasteiger partial charge is 0.311 e. The lowest BCUT2D eigenvalue weighted by Gasteiger charge is -2.13. The second-order valence-electron chi connectivity index (χ2n) is 4.27. The fourth-order valence-electron chi connectivity index (χ4n) is 2.22. The maximum atomic E-state index is 12.2. The summed E-state index contributed by atoms with van der Waals surface area (Å²) in [6.45, 7) is 0.449. The lowest BCUT2D eigenvalue weighted by atomic mass is 10.1. The molecule has 94 valence electrons. The van der Waals surface area contributed by atoms with Crippen molar-refractivity contribution in [2.75, 3.05) is 13.2 Å². The summed E-state index contributed by atoms with van der Waals surface area (Å²) >= 11 is 1.30. The van der Waals surface area contributed by atoms with E-state index in [-0.39, 0.29) is 18.8 Å². The molecule has 1 aliphatic rings. The van der Waals surface area contributed by atoms with Gasteiger partial charge < -0.3 is 9.84 Å². The summed E-state index contributed by atoms with van der Waals surface area (Å²) in [6.07, 6.45) is 0. The molecule has 0 spiro atoms. The van der Waals surface area contributed by atoms with E-state index in [1.165, 1.54) is 15.5 Å². The van der Waals surface area contributed by atoms with E-state index < -0.39 is 17.9 Å². The molecule has 5 nitrogen and oxygen atoms in total. The van der Waals surface area contributed by atoms with Crippen LogP contribution in [0.1, 0.15) is 6.04 Å². The van der Waals surface area contributed by atoms with E-state index >= 15 is 0 Å². The molecular weight excluding hydrogens is 254 g/mol. The largest absolute Gasteiger partial charge is 0.481 e. The van der Waals surface area contributed by atoms with Gasteiger partial charge in [0.25, 0.3) is 5.56 Å². The Morgan fingerprint density at radius 1 is 1.39 bits per heavy atom. The highest BCUT2D eigenvalue weighted by molar-refractivity contribution is 7.13. The SMILES string of the molecule is O=C(O)C1COCC1n1sc2ccccc2c1=O. The third-order valence-electron chi connectivity index (χ3n) is 3.18. The first-order valence-corrected chi connectivity index (χ1v) is 6.37. The van der Waals surface area contributed by atoms with Crippen molar-refractivity contribution in [3.8, 4) is 0 Å². The molecule has 0 aliphatic carbocycles. The van der Waals surface area contributed by atoms with Crippen LogP contribution in [0.5, 0.6) is 0 Å². The molecule has 18 heavy (non-hydrogen) atoms. The quantitative estimate of drug-likeness (QED) is 0.889. The predicted octanol–water partition coefficient (Wildman–Crippen LogP) is 1.34. The molecule has 3 rings (SSSR count). The van der Waals surface area contributed by atoms with Gasteiger partial charge in [-0.25, -0.2) is 0 Å². The highest BCUT2D eigenvalue weighted by atomic mass is 32.1. The number of rotatable bonds is 2. The molecule has 0 saturated carbocycles. The van der Waals surface area contributed by atoms with Crippen molar-refractivity contribution in [2.45, 2.75) is 6.04 Å². The molecule has 1 aromatic carbocycles. The number of aromatic nitrogens is 1. The van der Waals surface area contributed by atoms with Crippen molar-refractivity contribution in [2.24, 2.45) is 5.92 Å². The average molecular weight is 265 g/mol. The molecule has 1 saturated heterocycles. The maximum Gasteiger partial charge on any atom is 0.311 e. The Kier molecular flexibility index (Phi) is 2.68. The van der Waals surface area contributed by atoms with E-state index in [9.17, 15) is 9.59 Å². The molecular formula is C12H11NO4S. The number of benzene rings is 1. The Morgan fingerprint density at radius 3 is 2.89 bits per heavy atom. The summed E-state index contributed by atoms with van der Waals surface area (Å²) in [4.78, 5) is 23.3. The van der Waals surface area contributed by atoms with Gasteiger partial charge in [-0.05, 0) is 12.1 Å². The van der Waals surface area contributed by atoms with E-state index in [0.717, 1.165) is 4.70 Å². The molecule has 0 amide bonds. The second kappa shape index (κ2) is 4.22. The van der Waals surface area contributed by atoms with E-state index in [1.807, 2.05) is 12.1 Å². The molecule has 1 aliphatic heterocycles. The third kappa shape index (κ3) is 1.65. The Balaban J connectivity index is 2.12. The Labute approximate surface area is 106 Å². The van der Waals surface area contributed by atoms with Gasteiger partial charge in [0.15, 0.2) is 0 Å². The van der Waals surface area contributed by atoms with Gasteiger partial charge in [-0.1, -0.05) is 23.7 Å². The summed E-state index contributed by atoms with van der Waals surface area (Å²) in [5.74, 6) is -1.56. The van der Waals surface area contributed by atoms with Crippen LogP contribution in [0.15, 0.2) is 29.1 Å². The van der Waals surface area contributed by atoms with Gasteiger partial charge in [0, 0.05) is 0 Å². The summed E-state index contributed by atoms with van der Waals surface area (Å²) < 4.78 is 7.61. The fraction of sp³-hybridized carbons (Fsp3) is 0.333. The molecule has 2 aromatic rings. The molecule has 0 radical (unpaired) electrons. The van der Waals surface area contributed by atoms with Crippen LogP contribution in [0.3, 0.4) is 0 Å². The Hall–Kier alpha value is -1.66. The Bertz CT molecular complexity index is 659. The monoisotopic (exact) mass is 265 g/mol. The molecule has 1 N–H and O–H groups in total. The molecule has 0 bridgehead atoms. The van der Waals surface area contributed by atoms with Gasteiger partial charge >= 0.3 is 5.97 Å². The van der Waals surface area contributed by atoms with Crippen molar-refractivity contribution >= 4 is 27.6 Å². The number of ether oxygens (including phenoxy) is 1. The zero-order valence-corrected chi connectivity index (χ0v) is 10.2. The van der Waals surface area contributed by atoms with Crippen molar-refractivity contribution in [1.29, 1.82) is 0 Å². The number of fused-ring (bicyclic) bond motifs is 1. The number of hydrogen-bond acceptors (Lipinski definition) is 4. The van der Waals surface area contributed by atoms with Crippen LogP contribution in [0.25, 0.3) is 10.1 Å². The number of hydrogen-bond donors (Lipinski definition) is 1. The average Bonchev–Trinajstić information content (AvgIpc) is 2.94. The minimum absolute atomic E-state index is 0.127. The van der Waals surface area contributed by atoms with Gasteiger partial charge in [-0.2, -0.15) is 0 Å². The fourth-order valence-corrected chi connectivity index (χ4v) is 3.35. The van der Waals surface area contributed by atoms with Crippen LogP contribution < -0.4 is 5.56 Å². The molecule has 1 aromatic heterocycles. The number of carboxylic acid groups (broad SMARTS) is 1. The van der Waals surface area contributed by atoms with Gasteiger partial charge in [-0.3, -0.25) is 13.5 Å². The maximum absolute atomic E-state index is 12.2. The lowest BCUT2D eigenvalue weighted by molar-refractivity contribution is -0.142. The molecule has 2 heterocycles. The first-order valence-electron chi connectivity index (χ1n) is 5.59. The lowest BCUT2D eigenvalue weighted by Crippen LogP contribution is -2.29. The number of nitrogens with zero attached hydrogens (tertiary/aromatic N) is 1. The standard InChI is InChI=1S/C12H11NO4S/c14-11-7-3-1-2-4-10(7)18-13(11)9-6-17-5-8(9)12(15)16/h1-4,8-9H,5-6H2,(H,15,16). The predicted molar refractivity (Wildman–Crippen MR) is 67.1 cm³/mol. The highest BCUT2D eigenvalue weighted by Gasteiger charge is 2.36. The summed E-state index contributed by atoms with van der Waals surface area (Å²) in [5.41, 5.74) is -0.127. The van der Waals surface area contributed by atoms with Crippen molar-refractivity contribution < 1.29 is 14.6 Å². The van der Waals surface area contributed by atoms with Crippen molar-refractivity contribution in [3.63, 3.8) is 0 Å². The van der Waals surface area contributed by atoms with E-state index in [4.69, 9.17) is 9.84 Å². The second-order valence-corrected chi connectivity index (χ2v) is 5.28. The minimum Gasteiger partial charge on any atom is -0.481 e. The first kappa shape index (κ1) is 11.4. The Morgan fingerprint density at radius 2 is 2.17 bits per heavy atom. The van der Waals surface area contributed by atoms with Crippen LogP contribution in [0.4, 0.5) is 0 Å². The van der Waals surface area contributed by atoms with Gasteiger partial charge in [0.2, 0.25) is 0 Å². The van der Waals surface area contributed by atoms with E-state index in [1.54, 1.807) is 12.1 Å². The van der Waals surface area contributed by atoms with Gasteiger partial charge in [-0.15, -0.1) is 0 Å². The minimum atomic E-state index is -0.915. The van der Waals surface area contributed by atoms with Crippen LogP contribution in [0.2, 0.25) is 0 Å². The topological polar surface area (TPSA) is 68.5 Å². The van der Waals surface area contributed by atoms with Crippen LogP contribution in [-0.2, 0) is 9.53 Å².